The van der Waals surface area contributed by atoms with E-state index in [1.807, 2.05) is 6.92 Å². The van der Waals surface area contributed by atoms with Crippen molar-refractivity contribution in [2.75, 3.05) is 0 Å². The molecule has 0 aliphatic rings. The Bertz CT molecular complexity index is 310. The first kappa shape index (κ1) is 16.3. The maximum absolute atomic E-state index is 11.5. The molecule has 0 rings (SSSR count). The van der Waals surface area contributed by atoms with Crippen LogP contribution in [0.5, 0.6) is 0 Å². The predicted molar refractivity (Wildman–Crippen MR) is 70.1 cm³/mol. The molecule has 5 nitrogen and oxygen atoms in total. The molecule has 18 heavy (non-hydrogen) atoms. The summed E-state index contributed by atoms with van der Waals surface area (Å²) in [5, 5.41) is 13.9. The average Bonchev–Trinajstić information content (AvgIpc) is 2.28. The van der Waals surface area contributed by atoms with Gasteiger partial charge in [-0.3, -0.25) is 0 Å². The van der Waals surface area contributed by atoms with E-state index < -0.39 is 18.0 Å². The lowest BCUT2D eigenvalue weighted by Crippen LogP contribution is -2.48. The summed E-state index contributed by atoms with van der Waals surface area (Å²) in [6.07, 6.45) is 9.20. The third kappa shape index (κ3) is 7.55. The SMILES string of the molecule is C#CCC(NC(=O)NC(C)CCCCC)C(=O)O. The van der Waals surface area contributed by atoms with E-state index in [2.05, 4.69) is 23.5 Å². The van der Waals surface area contributed by atoms with Gasteiger partial charge in [0.15, 0.2) is 0 Å². The molecule has 0 spiro atoms. The molecule has 0 aromatic rings. The average molecular weight is 254 g/mol. The molecular formula is C13H22N2O3. The summed E-state index contributed by atoms with van der Waals surface area (Å²) >= 11 is 0. The smallest absolute Gasteiger partial charge is 0.327 e. The fourth-order valence-electron chi connectivity index (χ4n) is 1.51. The van der Waals surface area contributed by atoms with Gasteiger partial charge in [-0.05, 0) is 13.3 Å². The summed E-state index contributed by atoms with van der Waals surface area (Å²) in [7, 11) is 0. The quantitative estimate of drug-likeness (QED) is 0.456. The Hall–Kier alpha value is -1.70. The Labute approximate surface area is 108 Å². The molecule has 0 heterocycles. The number of carboxylic acids is 1. The second-order valence-corrected chi connectivity index (χ2v) is 4.31. The first-order valence-electron chi connectivity index (χ1n) is 6.24. The van der Waals surface area contributed by atoms with Crippen molar-refractivity contribution in [3.63, 3.8) is 0 Å². The Balaban J connectivity index is 4.00. The molecule has 2 unspecified atom stereocenters. The number of carboxylic acid groups (broad SMARTS) is 1. The molecule has 0 aliphatic heterocycles. The van der Waals surface area contributed by atoms with Crippen molar-refractivity contribution in [1.82, 2.24) is 10.6 Å². The van der Waals surface area contributed by atoms with E-state index in [4.69, 9.17) is 11.5 Å². The van der Waals surface area contributed by atoms with Gasteiger partial charge in [-0.15, -0.1) is 12.3 Å². The van der Waals surface area contributed by atoms with Crippen molar-refractivity contribution in [2.24, 2.45) is 0 Å². The fraction of sp³-hybridized carbons (Fsp3) is 0.692. The van der Waals surface area contributed by atoms with E-state index in [0.717, 1.165) is 25.7 Å². The molecule has 0 saturated heterocycles. The van der Waals surface area contributed by atoms with Crippen LogP contribution in [0.4, 0.5) is 4.79 Å². The number of nitrogens with one attached hydrogen (secondary N) is 2. The van der Waals surface area contributed by atoms with Gasteiger partial charge in [-0.2, -0.15) is 0 Å². The third-order valence-electron chi connectivity index (χ3n) is 2.54. The highest BCUT2D eigenvalue weighted by Crippen LogP contribution is 2.02. The summed E-state index contributed by atoms with van der Waals surface area (Å²) in [6.45, 7) is 4.01. The van der Waals surface area contributed by atoms with Gasteiger partial charge < -0.3 is 15.7 Å². The second kappa shape index (κ2) is 9.34. The Morgan fingerprint density at radius 1 is 1.33 bits per heavy atom. The Kier molecular flexibility index (Phi) is 8.46. The normalized spacial score (nSPS) is 13.2. The first-order valence-corrected chi connectivity index (χ1v) is 6.24. The van der Waals surface area contributed by atoms with Gasteiger partial charge in [0.2, 0.25) is 0 Å². The molecule has 2 amide bonds. The molecule has 5 heteroatoms. The lowest BCUT2D eigenvalue weighted by molar-refractivity contribution is -0.139. The molecule has 0 saturated carbocycles. The first-order chi connectivity index (χ1) is 8.51. The van der Waals surface area contributed by atoms with Crippen molar-refractivity contribution >= 4 is 12.0 Å². The zero-order valence-corrected chi connectivity index (χ0v) is 11.0. The monoisotopic (exact) mass is 254 g/mol. The van der Waals surface area contributed by atoms with Crippen LogP contribution in [0.25, 0.3) is 0 Å². The van der Waals surface area contributed by atoms with Crippen molar-refractivity contribution in [2.45, 2.75) is 58.0 Å². The predicted octanol–water partition coefficient (Wildman–Crippen LogP) is 1.73. The number of unbranched alkanes of at least 4 members (excludes halogenated alkanes) is 2. The third-order valence-corrected chi connectivity index (χ3v) is 2.54. The van der Waals surface area contributed by atoms with Crippen molar-refractivity contribution < 1.29 is 14.7 Å². The van der Waals surface area contributed by atoms with Gasteiger partial charge in [-0.25, -0.2) is 9.59 Å². The number of carbonyl (C=O) groups excluding carboxylic acids is 1. The van der Waals surface area contributed by atoms with Crippen LogP contribution in [0, 0.1) is 12.3 Å². The number of rotatable bonds is 8. The van der Waals surface area contributed by atoms with E-state index in [9.17, 15) is 9.59 Å². The van der Waals surface area contributed by atoms with Crippen LogP contribution in [-0.4, -0.2) is 29.2 Å². The molecule has 0 radical (unpaired) electrons. The van der Waals surface area contributed by atoms with Crippen LogP contribution in [0.1, 0.15) is 46.0 Å². The Morgan fingerprint density at radius 3 is 2.50 bits per heavy atom. The lowest BCUT2D eigenvalue weighted by Gasteiger charge is -2.17. The number of hydrogen-bond acceptors (Lipinski definition) is 2. The summed E-state index contributed by atoms with van der Waals surface area (Å²) in [6, 6.07) is -1.49. The number of carbonyl (C=O) groups is 2. The van der Waals surface area contributed by atoms with E-state index in [1.165, 1.54) is 0 Å². The highest BCUT2D eigenvalue weighted by molar-refractivity contribution is 5.82. The van der Waals surface area contributed by atoms with Crippen molar-refractivity contribution in [1.29, 1.82) is 0 Å². The Morgan fingerprint density at radius 2 is 2.00 bits per heavy atom. The van der Waals surface area contributed by atoms with Crippen LogP contribution >= 0.6 is 0 Å². The van der Waals surface area contributed by atoms with Gasteiger partial charge in [-0.1, -0.05) is 26.2 Å². The van der Waals surface area contributed by atoms with Crippen LogP contribution < -0.4 is 10.6 Å². The fourth-order valence-corrected chi connectivity index (χ4v) is 1.51. The van der Waals surface area contributed by atoms with Crippen LogP contribution in [-0.2, 0) is 4.79 Å². The number of urea groups is 1. The molecule has 0 aromatic carbocycles. The summed E-state index contributed by atoms with van der Waals surface area (Å²) < 4.78 is 0. The van der Waals surface area contributed by atoms with Gasteiger partial charge in [0.1, 0.15) is 6.04 Å². The molecule has 0 aliphatic carbocycles. The minimum atomic E-state index is -1.12. The number of aliphatic carboxylic acids is 1. The molecule has 3 N–H and O–H groups in total. The lowest BCUT2D eigenvalue weighted by atomic mass is 10.1. The van der Waals surface area contributed by atoms with E-state index in [-0.39, 0.29) is 12.5 Å². The number of terminal acetylenes is 1. The molecule has 102 valence electrons. The van der Waals surface area contributed by atoms with E-state index in [1.54, 1.807) is 0 Å². The molecule has 0 aromatic heterocycles. The minimum absolute atomic E-state index is 0.0209. The topological polar surface area (TPSA) is 78.4 Å². The highest BCUT2D eigenvalue weighted by atomic mass is 16.4. The largest absolute Gasteiger partial charge is 0.480 e. The van der Waals surface area contributed by atoms with Crippen LogP contribution in [0.2, 0.25) is 0 Å². The van der Waals surface area contributed by atoms with Gasteiger partial charge in [0.05, 0.1) is 0 Å². The molecule has 0 fully saturated rings. The van der Waals surface area contributed by atoms with Crippen molar-refractivity contribution in [3.05, 3.63) is 0 Å². The maximum Gasteiger partial charge on any atom is 0.327 e. The zero-order chi connectivity index (χ0) is 14.0. The van der Waals surface area contributed by atoms with E-state index in [0.29, 0.717) is 0 Å². The van der Waals surface area contributed by atoms with Crippen LogP contribution in [0.15, 0.2) is 0 Å². The summed E-state index contributed by atoms with van der Waals surface area (Å²) in [5.74, 6) is 1.10. The summed E-state index contributed by atoms with van der Waals surface area (Å²) in [4.78, 5) is 22.3. The molecular weight excluding hydrogens is 232 g/mol. The van der Waals surface area contributed by atoms with Gasteiger partial charge in [0, 0.05) is 12.5 Å². The van der Waals surface area contributed by atoms with Crippen LogP contribution in [0.3, 0.4) is 0 Å². The number of amides is 2. The second-order valence-electron chi connectivity index (χ2n) is 4.31. The van der Waals surface area contributed by atoms with Crippen molar-refractivity contribution in [3.8, 4) is 12.3 Å². The molecule has 2 atom stereocenters. The summed E-state index contributed by atoms with van der Waals surface area (Å²) in [5.41, 5.74) is 0. The highest BCUT2D eigenvalue weighted by Gasteiger charge is 2.19. The van der Waals surface area contributed by atoms with Gasteiger partial charge >= 0.3 is 12.0 Å². The van der Waals surface area contributed by atoms with E-state index >= 15 is 0 Å². The number of hydrogen-bond donors (Lipinski definition) is 3. The standard InChI is InChI=1S/C13H22N2O3/c1-4-6-7-9-10(3)14-13(18)15-11(8-5-2)12(16)17/h2,10-11H,4,6-9H2,1,3H3,(H,16,17)(H2,14,15,18). The maximum atomic E-state index is 11.5. The molecule has 0 bridgehead atoms. The minimum Gasteiger partial charge on any atom is -0.480 e. The zero-order valence-electron chi connectivity index (χ0n) is 11.0. The van der Waals surface area contributed by atoms with Gasteiger partial charge in [0.25, 0.3) is 0 Å².